The lowest BCUT2D eigenvalue weighted by molar-refractivity contribution is 0.415. The van der Waals surface area contributed by atoms with Crippen molar-refractivity contribution in [3.8, 4) is 5.75 Å². The van der Waals surface area contributed by atoms with E-state index in [-0.39, 0.29) is 10.9 Å². The number of hydrogen-bond donors (Lipinski definition) is 1. The highest BCUT2D eigenvalue weighted by Gasteiger charge is 2.20. The molecule has 0 aliphatic heterocycles. The second-order valence-corrected chi connectivity index (χ2v) is 7.00. The van der Waals surface area contributed by atoms with Crippen LogP contribution in [0.3, 0.4) is 0 Å². The summed E-state index contributed by atoms with van der Waals surface area (Å²) in [5, 5.41) is 3.67. The molecule has 5 nitrogen and oxygen atoms in total. The number of imidazole rings is 1. The normalized spacial score (nSPS) is 11.8. The number of aromatic amines is 1. The van der Waals surface area contributed by atoms with E-state index in [1.807, 2.05) is 10.8 Å². The fourth-order valence-corrected chi connectivity index (χ4v) is 3.93. The van der Waals surface area contributed by atoms with Crippen LogP contribution in [0, 0.1) is 0 Å². The van der Waals surface area contributed by atoms with Crippen LogP contribution in [0.2, 0.25) is 0 Å². The standard InChI is InChI=1S/C13H12N2O3S2/c1-18-10-2-3-11-12(6-10)15-13(14-11)20(16,17)8-9-4-5-19-7-9/h2-7H,8H2,1H3,(H,14,15). The van der Waals surface area contributed by atoms with E-state index in [9.17, 15) is 8.42 Å². The summed E-state index contributed by atoms with van der Waals surface area (Å²) in [6.45, 7) is 0. The van der Waals surface area contributed by atoms with Crippen LogP contribution in [0.1, 0.15) is 5.56 Å². The Balaban J connectivity index is 2.01. The number of nitrogens with zero attached hydrogens (tertiary/aromatic N) is 1. The first-order chi connectivity index (χ1) is 9.58. The number of H-pyrrole nitrogens is 1. The van der Waals surface area contributed by atoms with Crippen LogP contribution >= 0.6 is 11.3 Å². The van der Waals surface area contributed by atoms with Gasteiger partial charge in [-0.15, -0.1) is 0 Å². The van der Waals surface area contributed by atoms with Gasteiger partial charge in [0.25, 0.3) is 0 Å². The quantitative estimate of drug-likeness (QED) is 0.804. The summed E-state index contributed by atoms with van der Waals surface area (Å²) in [6.07, 6.45) is 0. The SMILES string of the molecule is COc1ccc2nc(S(=O)(=O)Cc3ccsc3)[nH]c2c1. The van der Waals surface area contributed by atoms with Crippen molar-refractivity contribution >= 4 is 32.2 Å². The maximum atomic E-state index is 12.3. The van der Waals surface area contributed by atoms with E-state index >= 15 is 0 Å². The molecule has 104 valence electrons. The molecule has 2 heterocycles. The number of aromatic nitrogens is 2. The number of sulfone groups is 1. The Morgan fingerprint density at radius 2 is 2.20 bits per heavy atom. The number of ether oxygens (including phenoxy) is 1. The monoisotopic (exact) mass is 308 g/mol. The van der Waals surface area contributed by atoms with Crippen molar-refractivity contribution in [2.45, 2.75) is 10.9 Å². The summed E-state index contributed by atoms with van der Waals surface area (Å²) in [4.78, 5) is 6.99. The Morgan fingerprint density at radius 1 is 1.35 bits per heavy atom. The number of nitrogens with one attached hydrogen (secondary N) is 1. The zero-order chi connectivity index (χ0) is 14.2. The van der Waals surface area contributed by atoms with Crippen molar-refractivity contribution in [2.75, 3.05) is 7.11 Å². The van der Waals surface area contributed by atoms with Crippen molar-refractivity contribution in [1.82, 2.24) is 9.97 Å². The lowest BCUT2D eigenvalue weighted by Crippen LogP contribution is -2.06. The first-order valence-electron chi connectivity index (χ1n) is 5.86. The highest BCUT2D eigenvalue weighted by molar-refractivity contribution is 7.90. The van der Waals surface area contributed by atoms with E-state index in [1.165, 1.54) is 11.3 Å². The van der Waals surface area contributed by atoms with Crippen LogP contribution in [0.15, 0.2) is 40.2 Å². The van der Waals surface area contributed by atoms with Crippen LogP contribution in [0.4, 0.5) is 0 Å². The molecule has 20 heavy (non-hydrogen) atoms. The first kappa shape index (κ1) is 13.1. The topological polar surface area (TPSA) is 72.0 Å². The number of benzene rings is 1. The number of rotatable bonds is 4. The molecule has 0 saturated carbocycles. The van der Waals surface area contributed by atoms with Gasteiger partial charge in [-0.3, -0.25) is 0 Å². The molecule has 0 bridgehead atoms. The third-order valence-corrected chi connectivity index (χ3v) is 5.13. The van der Waals surface area contributed by atoms with Crippen LogP contribution in [0.25, 0.3) is 11.0 Å². The zero-order valence-electron chi connectivity index (χ0n) is 10.7. The number of thiophene rings is 1. The molecular formula is C13H12N2O3S2. The molecule has 1 aromatic carbocycles. The molecule has 0 amide bonds. The van der Waals surface area contributed by atoms with Gasteiger partial charge < -0.3 is 9.72 Å². The van der Waals surface area contributed by atoms with Gasteiger partial charge in [0.1, 0.15) is 5.75 Å². The summed E-state index contributed by atoms with van der Waals surface area (Å²) >= 11 is 1.47. The molecule has 3 rings (SSSR count). The molecule has 0 fully saturated rings. The zero-order valence-corrected chi connectivity index (χ0v) is 12.3. The van der Waals surface area contributed by atoms with Crippen molar-refractivity contribution in [3.05, 3.63) is 40.6 Å². The van der Waals surface area contributed by atoms with E-state index in [0.717, 1.165) is 5.56 Å². The third-order valence-electron chi connectivity index (χ3n) is 2.90. The van der Waals surface area contributed by atoms with Crippen molar-refractivity contribution in [2.24, 2.45) is 0 Å². The Hall–Kier alpha value is -1.86. The summed E-state index contributed by atoms with van der Waals surface area (Å²) in [5.74, 6) is 0.607. The minimum atomic E-state index is -3.47. The summed E-state index contributed by atoms with van der Waals surface area (Å²) in [6, 6.07) is 7.01. The lowest BCUT2D eigenvalue weighted by Gasteiger charge is -1.98. The van der Waals surface area contributed by atoms with Crippen LogP contribution in [-0.4, -0.2) is 25.5 Å². The highest BCUT2D eigenvalue weighted by atomic mass is 32.2. The maximum Gasteiger partial charge on any atom is 0.226 e. The van der Waals surface area contributed by atoms with Gasteiger partial charge in [-0.1, -0.05) is 0 Å². The fraction of sp³-hybridized carbons (Fsp3) is 0.154. The molecule has 0 spiro atoms. The minimum Gasteiger partial charge on any atom is -0.497 e. The van der Waals surface area contributed by atoms with E-state index in [4.69, 9.17) is 4.74 Å². The predicted molar refractivity (Wildman–Crippen MR) is 77.9 cm³/mol. The first-order valence-corrected chi connectivity index (χ1v) is 8.45. The molecule has 0 unspecified atom stereocenters. The number of hydrogen-bond acceptors (Lipinski definition) is 5. The molecule has 0 aliphatic carbocycles. The Labute approximate surface area is 120 Å². The number of methoxy groups -OCH3 is 1. The average molecular weight is 308 g/mol. The fourth-order valence-electron chi connectivity index (χ4n) is 1.90. The van der Waals surface area contributed by atoms with E-state index in [2.05, 4.69) is 9.97 Å². The van der Waals surface area contributed by atoms with Crippen molar-refractivity contribution < 1.29 is 13.2 Å². The van der Waals surface area contributed by atoms with Crippen molar-refractivity contribution in [1.29, 1.82) is 0 Å². The Morgan fingerprint density at radius 3 is 2.90 bits per heavy atom. The molecule has 0 atom stereocenters. The maximum absolute atomic E-state index is 12.3. The van der Waals surface area contributed by atoms with Crippen LogP contribution in [-0.2, 0) is 15.6 Å². The molecule has 0 saturated heterocycles. The largest absolute Gasteiger partial charge is 0.497 e. The van der Waals surface area contributed by atoms with Gasteiger partial charge >= 0.3 is 0 Å². The second kappa shape index (κ2) is 4.92. The molecule has 0 radical (unpaired) electrons. The highest BCUT2D eigenvalue weighted by Crippen LogP contribution is 2.22. The van der Waals surface area contributed by atoms with Gasteiger partial charge in [0, 0.05) is 6.07 Å². The average Bonchev–Trinajstić information content (AvgIpc) is 3.05. The van der Waals surface area contributed by atoms with Crippen LogP contribution < -0.4 is 4.74 Å². The van der Waals surface area contributed by atoms with Crippen LogP contribution in [0.5, 0.6) is 5.75 Å². The van der Waals surface area contributed by atoms with Gasteiger partial charge in [0.15, 0.2) is 0 Å². The summed E-state index contributed by atoms with van der Waals surface area (Å²) < 4.78 is 29.7. The van der Waals surface area contributed by atoms with Gasteiger partial charge in [0.05, 0.1) is 23.9 Å². The van der Waals surface area contributed by atoms with E-state index in [1.54, 1.807) is 31.4 Å². The summed E-state index contributed by atoms with van der Waals surface area (Å²) in [7, 11) is -1.90. The second-order valence-electron chi connectivity index (χ2n) is 4.32. The molecule has 7 heteroatoms. The van der Waals surface area contributed by atoms with Gasteiger partial charge in [-0.05, 0) is 34.5 Å². The molecule has 0 aliphatic rings. The molecule has 1 N–H and O–H groups in total. The van der Waals surface area contributed by atoms with Gasteiger partial charge in [0.2, 0.25) is 15.0 Å². The Bertz CT molecular complexity index is 836. The van der Waals surface area contributed by atoms with E-state index in [0.29, 0.717) is 16.8 Å². The van der Waals surface area contributed by atoms with Crippen molar-refractivity contribution in [3.63, 3.8) is 0 Å². The Kier molecular flexibility index (Phi) is 3.23. The van der Waals surface area contributed by atoms with E-state index < -0.39 is 9.84 Å². The summed E-state index contributed by atoms with van der Waals surface area (Å²) in [5.41, 5.74) is 2.02. The molecular weight excluding hydrogens is 296 g/mol. The number of fused-ring (bicyclic) bond motifs is 1. The van der Waals surface area contributed by atoms with Gasteiger partial charge in [-0.2, -0.15) is 11.3 Å². The van der Waals surface area contributed by atoms with Gasteiger partial charge in [-0.25, -0.2) is 13.4 Å². The molecule has 2 aromatic heterocycles. The predicted octanol–water partition coefficient (Wildman–Crippen LogP) is 2.61. The lowest BCUT2D eigenvalue weighted by atomic mass is 10.3. The third kappa shape index (κ3) is 2.41. The molecule has 3 aromatic rings. The smallest absolute Gasteiger partial charge is 0.226 e. The minimum absolute atomic E-state index is 0.00745.